The summed E-state index contributed by atoms with van der Waals surface area (Å²) in [6.45, 7) is 3.74. The number of carboxylic acid groups (broad SMARTS) is 1. The summed E-state index contributed by atoms with van der Waals surface area (Å²) >= 11 is 0. The predicted octanol–water partition coefficient (Wildman–Crippen LogP) is 3.97. The van der Waals surface area contributed by atoms with Crippen molar-refractivity contribution in [3.63, 3.8) is 0 Å². The average molecular weight is 555 g/mol. The summed E-state index contributed by atoms with van der Waals surface area (Å²) in [5, 5.41) is 9.72. The largest absolute Gasteiger partial charge is 0.490 e. The van der Waals surface area contributed by atoms with Gasteiger partial charge in [-0.1, -0.05) is 0 Å². The number of amides is 1. The van der Waals surface area contributed by atoms with Gasteiger partial charge in [0.15, 0.2) is 5.82 Å². The third-order valence-corrected chi connectivity index (χ3v) is 5.24. The first-order valence-corrected chi connectivity index (χ1v) is 11.1. The van der Waals surface area contributed by atoms with Gasteiger partial charge in [-0.3, -0.25) is 0 Å². The molecular weight excluding hydrogens is 531 g/mol. The first-order valence-electron chi connectivity index (χ1n) is 11.1. The van der Waals surface area contributed by atoms with Crippen molar-refractivity contribution < 1.29 is 50.2 Å². The summed E-state index contributed by atoms with van der Waals surface area (Å²) in [6, 6.07) is 2.23. The van der Waals surface area contributed by atoms with E-state index in [1.807, 2.05) is 4.90 Å². The summed E-state index contributed by atoms with van der Waals surface area (Å²) in [5.74, 6) is -3.15. The van der Waals surface area contributed by atoms with Gasteiger partial charge in [0.2, 0.25) is 0 Å². The molecule has 0 saturated carbocycles. The molecule has 4 N–H and O–H groups in total. The van der Waals surface area contributed by atoms with Gasteiger partial charge in [-0.25, -0.2) is 23.9 Å². The second kappa shape index (κ2) is 12.7. The maximum absolute atomic E-state index is 14.4. The number of ether oxygens (including phenoxy) is 1. The van der Waals surface area contributed by atoms with Crippen LogP contribution in [0.25, 0.3) is 11.4 Å². The number of rotatable bonds is 6. The van der Waals surface area contributed by atoms with Gasteiger partial charge in [-0.15, -0.1) is 0 Å². The summed E-state index contributed by atoms with van der Waals surface area (Å²) in [7, 11) is 0. The quantitative estimate of drug-likeness (QED) is 0.457. The van der Waals surface area contributed by atoms with Crippen LogP contribution >= 0.6 is 0 Å². The molecule has 1 aromatic heterocycles. The molecule has 1 saturated heterocycles. The molecule has 0 bridgehead atoms. The van der Waals surface area contributed by atoms with E-state index in [2.05, 4.69) is 15.3 Å². The topological polar surface area (TPSA) is 131 Å². The highest BCUT2D eigenvalue weighted by Crippen LogP contribution is 2.33. The number of alkyl carbamates (subject to hydrolysis) is 1. The number of nitrogens with one attached hydrogen (secondary N) is 1. The van der Waals surface area contributed by atoms with Crippen LogP contribution in [0.4, 0.5) is 41.3 Å². The highest BCUT2D eigenvalue weighted by atomic mass is 19.4. The molecule has 1 aliphatic rings. The first-order chi connectivity index (χ1) is 17.7. The third kappa shape index (κ3) is 8.43. The van der Waals surface area contributed by atoms with E-state index in [1.165, 1.54) is 6.20 Å². The lowest BCUT2D eigenvalue weighted by molar-refractivity contribution is -0.192. The van der Waals surface area contributed by atoms with Crippen LogP contribution in [0, 0.1) is 11.7 Å². The number of alkyl halides is 6. The first kappa shape index (κ1) is 30.5. The molecule has 1 aliphatic heterocycles. The maximum Gasteiger partial charge on any atom is 0.490 e. The lowest BCUT2D eigenvalue weighted by Crippen LogP contribution is -2.28. The van der Waals surface area contributed by atoms with E-state index in [0.29, 0.717) is 37.1 Å². The number of carbonyl (C=O) groups is 2. The monoisotopic (exact) mass is 555 g/mol. The highest BCUT2D eigenvalue weighted by molar-refractivity contribution is 5.73. The number of anilines is 1. The van der Waals surface area contributed by atoms with E-state index >= 15 is 0 Å². The number of aliphatic carboxylic acids is 1. The Morgan fingerprint density at radius 1 is 1.24 bits per heavy atom. The molecule has 9 nitrogen and oxygen atoms in total. The van der Waals surface area contributed by atoms with Crippen molar-refractivity contribution in [2.75, 3.05) is 31.1 Å². The number of carboxylic acids is 1. The van der Waals surface area contributed by atoms with Gasteiger partial charge in [-0.05, 0) is 44.0 Å². The van der Waals surface area contributed by atoms with Gasteiger partial charge in [-0.2, -0.15) is 26.3 Å². The minimum absolute atomic E-state index is 0.0442. The normalized spacial score (nSPS) is 15.5. The van der Waals surface area contributed by atoms with E-state index in [1.54, 1.807) is 6.92 Å². The zero-order valence-electron chi connectivity index (χ0n) is 19.9. The van der Waals surface area contributed by atoms with Crippen LogP contribution in [0.15, 0.2) is 24.4 Å². The standard InChI is InChI=1S/C20H23F4N5O2.C2HF3O2/c1-2-31-19(30)27-10-13-9-26-17(28-18(13)29-6-5-12(8-25)11-29)15-4-3-14(7-16(15)21)20(22,23)24;3-2(4,5)1(6)7/h3-4,7,9,12H,2,5-6,8,10-11,25H2,1H3,(H,27,30);(H,6,7). The van der Waals surface area contributed by atoms with Crippen molar-refractivity contribution in [3.8, 4) is 11.4 Å². The maximum atomic E-state index is 14.4. The van der Waals surface area contributed by atoms with Crippen molar-refractivity contribution >= 4 is 17.9 Å². The van der Waals surface area contributed by atoms with Crippen LogP contribution in [0.5, 0.6) is 0 Å². The number of nitrogens with zero attached hydrogens (tertiary/aromatic N) is 3. The zero-order valence-corrected chi connectivity index (χ0v) is 19.9. The van der Waals surface area contributed by atoms with Crippen molar-refractivity contribution in [1.82, 2.24) is 15.3 Å². The number of aromatic nitrogens is 2. The number of benzene rings is 1. The average Bonchev–Trinajstić information content (AvgIpc) is 3.31. The van der Waals surface area contributed by atoms with Gasteiger partial charge in [0.1, 0.15) is 11.6 Å². The number of carbonyl (C=O) groups excluding carboxylic acids is 1. The van der Waals surface area contributed by atoms with Crippen molar-refractivity contribution in [1.29, 1.82) is 0 Å². The Morgan fingerprint density at radius 3 is 2.39 bits per heavy atom. The molecule has 1 atom stereocenters. The lowest BCUT2D eigenvalue weighted by Gasteiger charge is -2.21. The van der Waals surface area contributed by atoms with Gasteiger partial charge in [0.25, 0.3) is 0 Å². The molecule has 1 aromatic carbocycles. The van der Waals surface area contributed by atoms with Crippen molar-refractivity contribution in [3.05, 3.63) is 41.3 Å². The summed E-state index contributed by atoms with van der Waals surface area (Å²) < 4.78 is 89.5. The number of hydrogen-bond acceptors (Lipinski definition) is 7. The molecule has 0 radical (unpaired) electrons. The van der Waals surface area contributed by atoms with Crippen LogP contribution in [0.1, 0.15) is 24.5 Å². The van der Waals surface area contributed by atoms with E-state index < -0.39 is 35.8 Å². The SMILES string of the molecule is CCOC(=O)NCc1cnc(-c2ccc(C(F)(F)F)cc2F)nc1N1CCC(CN)C1.O=C(O)C(F)(F)F. The molecular formula is C22H24F7N5O4. The summed E-state index contributed by atoms with van der Waals surface area (Å²) in [4.78, 5) is 31.0. The molecule has 0 spiro atoms. The van der Waals surface area contributed by atoms with Gasteiger partial charge < -0.3 is 25.8 Å². The molecule has 0 aliphatic carbocycles. The minimum Gasteiger partial charge on any atom is -0.475 e. The van der Waals surface area contributed by atoms with Gasteiger partial charge >= 0.3 is 24.4 Å². The highest BCUT2D eigenvalue weighted by Gasteiger charge is 2.38. The van der Waals surface area contributed by atoms with E-state index in [0.717, 1.165) is 18.6 Å². The van der Waals surface area contributed by atoms with E-state index in [4.69, 9.17) is 20.4 Å². The molecule has 2 heterocycles. The Bertz CT molecular complexity index is 1130. The Balaban J connectivity index is 0.000000638. The number of hydrogen-bond donors (Lipinski definition) is 3. The van der Waals surface area contributed by atoms with Crippen LogP contribution in [0.2, 0.25) is 0 Å². The Kier molecular flexibility index (Phi) is 10.2. The van der Waals surface area contributed by atoms with Crippen LogP contribution in [-0.2, 0) is 22.3 Å². The second-order valence-corrected chi connectivity index (χ2v) is 7.95. The molecule has 2 aromatic rings. The van der Waals surface area contributed by atoms with Crippen molar-refractivity contribution in [2.24, 2.45) is 11.7 Å². The van der Waals surface area contributed by atoms with Crippen molar-refractivity contribution in [2.45, 2.75) is 32.2 Å². The number of halogens is 7. The smallest absolute Gasteiger partial charge is 0.475 e. The Labute approximate surface area is 211 Å². The Hall–Kier alpha value is -3.69. The molecule has 1 fully saturated rings. The molecule has 210 valence electrons. The minimum atomic E-state index is -5.08. The molecule has 1 amide bonds. The van der Waals surface area contributed by atoms with Crippen LogP contribution in [-0.4, -0.2) is 59.6 Å². The van der Waals surface area contributed by atoms with Gasteiger partial charge in [0.05, 0.1) is 24.3 Å². The van der Waals surface area contributed by atoms with Gasteiger partial charge in [0, 0.05) is 24.8 Å². The Morgan fingerprint density at radius 2 is 1.89 bits per heavy atom. The molecule has 16 heteroatoms. The fraction of sp³-hybridized carbons (Fsp3) is 0.455. The molecule has 3 rings (SSSR count). The zero-order chi connectivity index (χ0) is 28.7. The molecule has 38 heavy (non-hydrogen) atoms. The molecule has 1 unspecified atom stereocenters. The van der Waals surface area contributed by atoms with Crippen LogP contribution in [0.3, 0.4) is 0 Å². The van der Waals surface area contributed by atoms with E-state index in [9.17, 15) is 35.5 Å². The fourth-order valence-corrected chi connectivity index (χ4v) is 3.37. The van der Waals surface area contributed by atoms with Crippen LogP contribution < -0.4 is 16.0 Å². The summed E-state index contributed by atoms with van der Waals surface area (Å²) in [5.41, 5.74) is 5.10. The second-order valence-electron chi connectivity index (χ2n) is 7.95. The third-order valence-electron chi connectivity index (χ3n) is 5.24. The lowest BCUT2D eigenvalue weighted by atomic mass is 10.1. The number of nitrogens with two attached hydrogens (primary N) is 1. The summed E-state index contributed by atoms with van der Waals surface area (Å²) in [6.07, 6.45) is -8.07. The van der Waals surface area contributed by atoms with E-state index in [-0.39, 0.29) is 30.5 Å². The predicted molar refractivity (Wildman–Crippen MR) is 119 cm³/mol. The fourth-order valence-electron chi connectivity index (χ4n) is 3.37.